The van der Waals surface area contributed by atoms with E-state index in [1.807, 2.05) is 0 Å². The average molecular weight is 254 g/mol. The monoisotopic (exact) mass is 254 g/mol. The second kappa shape index (κ2) is 8.16. The average Bonchev–Trinajstić information content (AvgIpc) is 2.49. The fourth-order valence-electron chi connectivity index (χ4n) is 2.92. The summed E-state index contributed by atoms with van der Waals surface area (Å²) < 4.78 is 0. The number of likely N-dealkylation sites (tertiary alicyclic amines) is 1. The Hall–Kier alpha value is -0.0800. The summed E-state index contributed by atoms with van der Waals surface area (Å²) >= 11 is 0. The van der Waals surface area contributed by atoms with Crippen molar-refractivity contribution in [1.29, 1.82) is 0 Å². The van der Waals surface area contributed by atoms with Crippen LogP contribution in [0.5, 0.6) is 0 Å². The summed E-state index contributed by atoms with van der Waals surface area (Å²) in [7, 11) is 0. The normalized spacial score (nSPS) is 24.5. The van der Waals surface area contributed by atoms with E-state index >= 15 is 0 Å². The number of rotatable bonds is 6. The van der Waals surface area contributed by atoms with E-state index < -0.39 is 0 Å². The molecule has 2 nitrogen and oxygen atoms in total. The zero-order valence-electron chi connectivity index (χ0n) is 13.2. The fourth-order valence-corrected chi connectivity index (χ4v) is 2.92. The van der Waals surface area contributed by atoms with E-state index in [9.17, 15) is 0 Å². The Morgan fingerprint density at radius 3 is 2.39 bits per heavy atom. The first-order valence-corrected chi connectivity index (χ1v) is 7.95. The lowest BCUT2D eigenvalue weighted by Gasteiger charge is -2.34. The molecule has 0 spiro atoms. The van der Waals surface area contributed by atoms with E-state index in [0.717, 1.165) is 30.8 Å². The minimum atomic E-state index is 0.717. The third kappa shape index (κ3) is 5.71. The minimum Gasteiger partial charge on any atom is -0.315 e. The van der Waals surface area contributed by atoms with Gasteiger partial charge in [-0.2, -0.15) is 0 Å². The molecule has 0 aromatic rings. The molecule has 1 saturated heterocycles. The molecular formula is C16H34N2. The second-order valence-electron chi connectivity index (χ2n) is 6.94. The number of hydrogen-bond acceptors (Lipinski definition) is 2. The maximum absolute atomic E-state index is 3.65. The van der Waals surface area contributed by atoms with Gasteiger partial charge in [0.1, 0.15) is 0 Å². The maximum Gasteiger partial charge on any atom is 0.0243 e. The van der Waals surface area contributed by atoms with E-state index in [-0.39, 0.29) is 0 Å². The van der Waals surface area contributed by atoms with E-state index in [0.29, 0.717) is 6.04 Å². The van der Waals surface area contributed by atoms with Gasteiger partial charge in [-0.05, 0) is 56.7 Å². The van der Waals surface area contributed by atoms with Crippen LogP contribution in [0.2, 0.25) is 0 Å². The van der Waals surface area contributed by atoms with Crippen LogP contribution >= 0.6 is 0 Å². The van der Waals surface area contributed by atoms with Gasteiger partial charge >= 0.3 is 0 Å². The van der Waals surface area contributed by atoms with Gasteiger partial charge in [0.05, 0.1) is 0 Å². The molecule has 0 amide bonds. The van der Waals surface area contributed by atoms with Gasteiger partial charge < -0.3 is 5.32 Å². The first-order chi connectivity index (χ1) is 8.50. The second-order valence-corrected chi connectivity index (χ2v) is 6.94. The molecule has 1 rings (SSSR count). The van der Waals surface area contributed by atoms with Crippen molar-refractivity contribution < 1.29 is 0 Å². The predicted octanol–water partition coefficient (Wildman–Crippen LogP) is 3.38. The SMILES string of the molecule is CC(C)CNCC(C(C)C)N1CCCC(C)CC1. The van der Waals surface area contributed by atoms with Crippen molar-refractivity contribution in [2.45, 2.75) is 59.9 Å². The Morgan fingerprint density at radius 2 is 1.78 bits per heavy atom. The Morgan fingerprint density at radius 1 is 1.06 bits per heavy atom. The summed E-state index contributed by atoms with van der Waals surface area (Å²) in [5.74, 6) is 2.42. The van der Waals surface area contributed by atoms with Crippen molar-refractivity contribution in [2.75, 3.05) is 26.2 Å². The van der Waals surface area contributed by atoms with Crippen molar-refractivity contribution in [1.82, 2.24) is 10.2 Å². The van der Waals surface area contributed by atoms with Gasteiger partial charge in [0.2, 0.25) is 0 Å². The van der Waals surface area contributed by atoms with Crippen LogP contribution in [0, 0.1) is 17.8 Å². The fraction of sp³-hybridized carbons (Fsp3) is 1.00. The molecular weight excluding hydrogens is 220 g/mol. The van der Waals surface area contributed by atoms with Crippen LogP contribution in [-0.2, 0) is 0 Å². The summed E-state index contributed by atoms with van der Waals surface area (Å²) in [4.78, 5) is 2.74. The summed E-state index contributed by atoms with van der Waals surface area (Å²) in [5, 5.41) is 3.65. The molecule has 1 heterocycles. The highest BCUT2D eigenvalue weighted by Crippen LogP contribution is 2.20. The van der Waals surface area contributed by atoms with Crippen molar-refractivity contribution in [3.05, 3.63) is 0 Å². The van der Waals surface area contributed by atoms with Gasteiger partial charge in [-0.3, -0.25) is 4.90 Å². The maximum atomic E-state index is 3.65. The summed E-state index contributed by atoms with van der Waals surface area (Å²) in [6, 6.07) is 0.717. The third-order valence-electron chi connectivity index (χ3n) is 4.20. The standard InChI is InChI=1S/C16H34N2/c1-13(2)11-17-12-16(14(3)4)18-9-6-7-15(5)8-10-18/h13-17H,6-12H2,1-5H3. The van der Waals surface area contributed by atoms with Gasteiger partial charge in [-0.15, -0.1) is 0 Å². The highest BCUT2D eigenvalue weighted by Gasteiger charge is 2.23. The van der Waals surface area contributed by atoms with Crippen LogP contribution in [-0.4, -0.2) is 37.1 Å². The minimum absolute atomic E-state index is 0.717. The van der Waals surface area contributed by atoms with Crippen LogP contribution in [0.3, 0.4) is 0 Å². The Labute approximate surface area is 115 Å². The van der Waals surface area contributed by atoms with E-state index in [2.05, 4.69) is 44.8 Å². The molecule has 0 aromatic carbocycles. The van der Waals surface area contributed by atoms with Crippen molar-refractivity contribution in [3.8, 4) is 0 Å². The molecule has 18 heavy (non-hydrogen) atoms. The van der Waals surface area contributed by atoms with Crippen LogP contribution in [0.15, 0.2) is 0 Å². The van der Waals surface area contributed by atoms with E-state index in [4.69, 9.17) is 0 Å². The Bertz CT molecular complexity index is 213. The lowest BCUT2D eigenvalue weighted by atomic mass is 10.0. The van der Waals surface area contributed by atoms with Gasteiger partial charge in [0.25, 0.3) is 0 Å². The van der Waals surface area contributed by atoms with Crippen molar-refractivity contribution >= 4 is 0 Å². The van der Waals surface area contributed by atoms with E-state index in [1.54, 1.807) is 0 Å². The van der Waals surface area contributed by atoms with Gasteiger partial charge in [0.15, 0.2) is 0 Å². The lowest BCUT2D eigenvalue weighted by Crippen LogP contribution is -2.46. The zero-order chi connectivity index (χ0) is 13.5. The molecule has 1 N–H and O–H groups in total. The first kappa shape index (κ1) is 16.0. The zero-order valence-corrected chi connectivity index (χ0v) is 13.2. The van der Waals surface area contributed by atoms with Crippen LogP contribution in [0.4, 0.5) is 0 Å². The van der Waals surface area contributed by atoms with Gasteiger partial charge in [-0.25, -0.2) is 0 Å². The number of nitrogens with one attached hydrogen (secondary N) is 1. The van der Waals surface area contributed by atoms with Crippen LogP contribution in [0.1, 0.15) is 53.9 Å². The topological polar surface area (TPSA) is 15.3 Å². The molecule has 1 aliphatic rings. The highest BCUT2D eigenvalue weighted by molar-refractivity contribution is 4.80. The van der Waals surface area contributed by atoms with Crippen molar-refractivity contribution in [3.63, 3.8) is 0 Å². The molecule has 0 radical (unpaired) electrons. The lowest BCUT2D eigenvalue weighted by molar-refractivity contribution is 0.154. The number of nitrogens with zero attached hydrogens (tertiary/aromatic N) is 1. The molecule has 2 heteroatoms. The van der Waals surface area contributed by atoms with Gasteiger partial charge in [0, 0.05) is 12.6 Å². The molecule has 2 unspecified atom stereocenters. The molecule has 1 fully saturated rings. The predicted molar refractivity (Wildman–Crippen MR) is 80.9 cm³/mol. The van der Waals surface area contributed by atoms with Crippen molar-refractivity contribution in [2.24, 2.45) is 17.8 Å². The van der Waals surface area contributed by atoms with Gasteiger partial charge in [-0.1, -0.05) is 34.6 Å². The molecule has 0 aromatic heterocycles. The summed E-state index contributed by atoms with van der Waals surface area (Å²) in [6.07, 6.45) is 4.18. The molecule has 0 saturated carbocycles. The molecule has 0 bridgehead atoms. The molecule has 1 aliphatic heterocycles. The van der Waals surface area contributed by atoms with Crippen LogP contribution in [0.25, 0.3) is 0 Å². The molecule has 2 atom stereocenters. The molecule has 108 valence electrons. The Kier molecular flexibility index (Phi) is 7.25. The highest BCUT2D eigenvalue weighted by atomic mass is 15.2. The first-order valence-electron chi connectivity index (χ1n) is 7.95. The van der Waals surface area contributed by atoms with E-state index in [1.165, 1.54) is 32.4 Å². The quantitative estimate of drug-likeness (QED) is 0.782. The largest absolute Gasteiger partial charge is 0.315 e. The Balaban J connectivity index is 2.44. The third-order valence-corrected chi connectivity index (χ3v) is 4.20. The summed E-state index contributed by atoms with van der Waals surface area (Å²) in [5.41, 5.74) is 0. The smallest absolute Gasteiger partial charge is 0.0243 e. The van der Waals surface area contributed by atoms with Crippen LogP contribution < -0.4 is 5.32 Å². The summed E-state index contributed by atoms with van der Waals surface area (Å²) in [6.45, 7) is 16.6. The number of hydrogen-bond donors (Lipinski definition) is 1. The molecule has 0 aliphatic carbocycles.